The lowest BCUT2D eigenvalue weighted by Gasteiger charge is -2.13. The third-order valence-corrected chi connectivity index (χ3v) is 4.35. The molecule has 0 atom stereocenters. The Kier molecular flexibility index (Phi) is 6.59. The second-order valence-corrected chi connectivity index (χ2v) is 6.67. The summed E-state index contributed by atoms with van der Waals surface area (Å²) >= 11 is 5.82. The van der Waals surface area contributed by atoms with Crippen molar-refractivity contribution in [3.05, 3.63) is 63.9 Å². The van der Waals surface area contributed by atoms with E-state index in [1.807, 2.05) is 0 Å². The molecule has 0 saturated carbocycles. The predicted molar refractivity (Wildman–Crippen MR) is 95.4 cm³/mol. The van der Waals surface area contributed by atoms with Gasteiger partial charge in [0, 0.05) is 36.3 Å². The van der Waals surface area contributed by atoms with Crippen LogP contribution in [0.2, 0.25) is 5.02 Å². The highest BCUT2D eigenvalue weighted by molar-refractivity contribution is 6.32. The fraction of sp³-hybridized carbons (Fsp3) is 0.316. The molecule has 0 aliphatic heterocycles. The molecule has 2 rings (SSSR count). The average molecular weight is 399 g/mol. The van der Waals surface area contributed by atoms with Crippen LogP contribution in [0.1, 0.15) is 41.0 Å². The number of carbonyl (C=O) groups is 2. The van der Waals surface area contributed by atoms with Gasteiger partial charge in [0.05, 0.1) is 10.6 Å². The molecule has 8 heteroatoms. The number of aromatic nitrogens is 1. The number of hydrogen-bond acceptors (Lipinski definition) is 3. The van der Waals surface area contributed by atoms with Gasteiger partial charge in [-0.15, -0.1) is 0 Å². The van der Waals surface area contributed by atoms with Gasteiger partial charge in [-0.1, -0.05) is 37.6 Å². The van der Waals surface area contributed by atoms with Crippen molar-refractivity contribution < 1.29 is 22.8 Å². The molecule has 1 N–H and O–H groups in total. The summed E-state index contributed by atoms with van der Waals surface area (Å²) in [5.74, 6) is -0.646. The van der Waals surface area contributed by atoms with E-state index < -0.39 is 22.7 Å². The first-order valence-corrected chi connectivity index (χ1v) is 8.57. The smallest absolute Gasteiger partial charge is 0.348 e. The Morgan fingerprint density at radius 1 is 1.22 bits per heavy atom. The molecule has 0 radical (unpaired) electrons. The van der Waals surface area contributed by atoms with Crippen LogP contribution in [-0.2, 0) is 23.9 Å². The van der Waals surface area contributed by atoms with Crippen molar-refractivity contribution in [3.63, 3.8) is 0 Å². The minimum atomic E-state index is -4.57. The molecule has 0 bridgehead atoms. The molecule has 2 aromatic rings. The van der Waals surface area contributed by atoms with E-state index in [2.05, 4.69) is 10.3 Å². The van der Waals surface area contributed by atoms with Crippen LogP contribution >= 0.6 is 11.6 Å². The summed E-state index contributed by atoms with van der Waals surface area (Å²) in [7, 11) is 0. The van der Waals surface area contributed by atoms with Gasteiger partial charge in [-0.25, -0.2) is 0 Å². The van der Waals surface area contributed by atoms with Gasteiger partial charge in [-0.2, -0.15) is 13.2 Å². The monoisotopic (exact) mass is 398 g/mol. The van der Waals surface area contributed by atoms with E-state index in [9.17, 15) is 22.8 Å². The van der Waals surface area contributed by atoms with Crippen LogP contribution in [0.3, 0.4) is 0 Å². The summed E-state index contributed by atoms with van der Waals surface area (Å²) in [5, 5.41) is 2.09. The molecule has 0 saturated heterocycles. The fourth-order valence-electron chi connectivity index (χ4n) is 2.31. The lowest BCUT2D eigenvalue weighted by Crippen LogP contribution is -2.24. The molecule has 144 valence electrons. The maximum absolute atomic E-state index is 12.9. The quantitative estimate of drug-likeness (QED) is 0.782. The van der Waals surface area contributed by atoms with Gasteiger partial charge in [0.15, 0.2) is 0 Å². The van der Waals surface area contributed by atoms with Gasteiger partial charge < -0.3 is 5.32 Å². The van der Waals surface area contributed by atoms with Crippen LogP contribution < -0.4 is 5.32 Å². The first-order chi connectivity index (χ1) is 12.6. The molecular weight excluding hydrogens is 381 g/mol. The lowest BCUT2D eigenvalue weighted by molar-refractivity contribution is -0.137. The molecular formula is C19H18ClF3N2O2. The maximum Gasteiger partial charge on any atom is 0.417 e. The maximum atomic E-state index is 12.9. The molecule has 0 fully saturated rings. The number of nitrogens with zero attached hydrogens (tertiary/aromatic N) is 1. The fourth-order valence-corrected chi connectivity index (χ4v) is 2.61. The first kappa shape index (κ1) is 20.9. The zero-order valence-electron chi connectivity index (χ0n) is 14.7. The van der Waals surface area contributed by atoms with Crippen molar-refractivity contribution >= 4 is 23.3 Å². The molecule has 1 aromatic heterocycles. The Morgan fingerprint density at radius 2 is 1.93 bits per heavy atom. The van der Waals surface area contributed by atoms with Crippen LogP contribution in [0.5, 0.6) is 0 Å². The number of halogens is 4. The number of pyridine rings is 1. The van der Waals surface area contributed by atoms with Crippen molar-refractivity contribution in [2.75, 3.05) is 0 Å². The van der Waals surface area contributed by atoms with Crippen molar-refractivity contribution in [2.45, 2.75) is 33.0 Å². The van der Waals surface area contributed by atoms with Gasteiger partial charge in [0.1, 0.15) is 5.78 Å². The minimum Gasteiger partial charge on any atom is -0.348 e. The van der Waals surface area contributed by atoms with Gasteiger partial charge in [0.2, 0.25) is 0 Å². The van der Waals surface area contributed by atoms with Crippen molar-refractivity contribution in [2.24, 2.45) is 5.92 Å². The number of amides is 1. The molecule has 1 amide bonds. The van der Waals surface area contributed by atoms with Crippen molar-refractivity contribution in [3.8, 4) is 0 Å². The van der Waals surface area contributed by atoms with Crippen LogP contribution in [0.15, 0.2) is 36.5 Å². The number of carbonyl (C=O) groups excluding carboxylic acids is 2. The highest BCUT2D eigenvalue weighted by Gasteiger charge is 2.33. The molecule has 1 heterocycles. The van der Waals surface area contributed by atoms with Crippen LogP contribution in [-0.4, -0.2) is 16.7 Å². The van der Waals surface area contributed by atoms with E-state index in [1.165, 1.54) is 30.5 Å². The molecule has 0 aliphatic rings. The van der Waals surface area contributed by atoms with E-state index in [1.54, 1.807) is 13.8 Å². The highest BCUT2D eigenvalue weighted by Crippen LogP contribution is 2.36. The van der Waals surface area contributed by atoms with Crippen LogP contribution in [0, 0.1) is 5.92 Å². The summed E-state index contributed by atoms with van der Waals surface area (Å²) in [6.07, 6.45) is -3.05. The van der Waals surface area contributed by atoms with Gasteiger partial charge in [0.25, 0.3) is 5.91 Å². The zero-order chi connectivity index (χ0) is 20.2. The summed E-state index contributed by atoms with van der Waals surface area (Å²) in [6, 6.07) is 6.49. The Labute approximate surface area is 159 Å². The standard InChI is InChI=1S/C19H18ClF3N2O2/c1-11(2)16(26)9-14-8-12(6-7-24-14)18(27)25-10-13-4-3-5-15(17(13)20)19(21,22)23/h3-8,11H,9-10H2,1-2H3,(H,25,27). The largest absolute Gasteiger partial charge is 0.417 e. The number of Topliss-reactive ketones (excluding diaryl/α,β-unsaturated/α-hetero) is 1. The molecule has 0 spiro atoms. The predicted octanol–water partition coefficient (Wildman–Crippen LogP) is 4.45. The van der Waals surface area contributed by atoms with Crippen molar-refractivity contribution in [1.82, 2.24) is 10.3 Å². The van der Waals surface area contributed by atoms with Crippen LogP contribution in [0.4, 0.5) is 13.2 Å². The first-order valence-electron chi connectivity index (χ1n) is 8.20. The molecule has 1 aromatic carbocycles. The number of rotatable bonds is 6. The number of alkyl halides is 3. The van der Waals surface area contributed by atoms with Crippen molar-refractivity contribution in [1.29, 1.82) is 0 Å². The number of ketones is 1. The zero-order valence-corrected chi connectivity index (χ0v) is 15.5. The summed E-state index contributed by atoms with van der Waals surface area (Å²) < 4.78 is 38.7. The summed E-state index contributed by atoms with van der Waals surface area (Å²) in [4.78, 5) is 28.2. The average Bonchev–Trinajstić information content (AvgIpc) is 2.59. The third kappa shape index (κ3) is 5.53. The summed E-state index contributed by atoms with van der Waals surface area (Å²) in [6.45, 7) is 3.39. The van der Waals surface area contributed by atoms with Gasteiger partial charge in [-0.3, -0.25) is 14.6 Å². The number of hydrogen-bond donors (Lipinski definition) is 1. The minimum absolute atomic E-state index is 0.00388. The van der Waals surface area contributed by atoms with E-state index in [0.29, 0.717) is 5.69 Å². The second kappa shape index (κ2) is 8.52. The molecule has 0 unspecified atom stereocenters. The Bertz CT molecular complexity index is 851. The SMILES string of the molecule is CC(C)C(=O)Cc1cc(C(=O)NCc2cccc(C(F)(F)F)c2Cl)ccn1. The molecule has 27 heavy (non-hydrogen) atoms. The second-order valence-electron chi connectivity index (χ2n) is 6.29. The Morgan fingerprint density at radius 3 is 2.56 bits per heavy atom. The molecule has 0 aliphatic carbocycles. The van der Waals surface area contributed by atoms with E-state index >= 15 is 0 Å². The highest BCUT2D eigenvalue weighted by atomic mass is 35.5. The molecule has 4 nitrogen and oxygen atoms in total. The van der Waals surface area contributed by atoms with Gasteiger partial charge >= 0.3 is 6.18 Å². The normalized spacial score (nSPS) is 11.5. The van der Waals surface area contributed by atoms with E-state index in [0.717, 1.165) is 6.07 Å². The topological polar surface area (TPSA) is 59.1 Å². The number of nitrogens with one attached hydrogen (secondary N) is 1. The Balaban J connectivity index is 2.10. The summed E-state index contributed by atoms with van der Waals surface area (Å²) in [5.41, 5.74) is -0.0727. The van der Waals surface area contributed by atoms with Crippen LogP contribution in [0.25, 0.3) is 0 Å². The number of benzene rings is 1. The Hall–Kier alpha value is -2.41. The lowest BCUT2D eigenvalue weighted by atomic mass is 10.0. The van der Waals surface area contributed by atoms with E-state index in [-0.39, 0.29) is 35.8 Å². The third-order valence-electron chi connectivity index (χ3n) is 3.90. The van der Waals surface area contributed by atoms with Gasteiger partial charge in [-0.05, 0) is 23.8 Å². The van der Waals surface area contributed by atoms with E-state index in [4.69, 9.17) is 11.6 Å².